The zero-order chi connectivity index (χ0) is 13.7. The van der Waals surface area contributed by atoms with Crippen LogP contribution < -0.4 is 11.1 Å². The molecule has 0 radical (unpaired) electrons. The lowest BCUT2D eigenvalue weighted by Crippen LogP contribution is -2.11. The third kappa shape index (κ3) is 3.65. The van der Waals surface area contributed by atoms with Gasteiger partial charge in [0.05, 0.1) is 11.4 Å². The summed E-state index contributed by atoms with van der Waals surface area (Å²) in [6.45, 7) is 2.25. The average Bonchev–Trinajstić information content (AvgIpc) is 2.83. The van der Waals surface area contributed by atoms with Crippen LogP contribution in [0, 0.1) is 18.8 Å². The molecule has 0 saturated heterocycles. The Hall–Kier alpha value is -2.16. The van der Waals surface area contributed by atoms with Gasteiger partial charge in [-0.05, 0) is 37.1 Å². The summed E-state index contributed by atoms with van der Waals surface area (Å²) in [6, 6.07) is 9.01. The third-order valence-corrected chi connectivity index (χ3v) is 3.27. The van der Waals surface area contributed by atoms with Gasteiger partial charge in [-0.25, -0.2) is 4.98 Å². The molecule has 0 saturated carbocycles. The minimum Gasteiger partial charge on any atom is -0.320 e. The van der Waals surface area contributed by atoms with Crippen LogP contribution in [-0.4, -0.2) is 17.4 Å². The van der Waals surface area contributed by atoms with Crippen LogP contribution in [0.4, 0.5) is 5.82 Å². The van der Waals surface area contributed by atoms with Gasteiger partial charge in [0.2, 0.25) is 0 Å². The molecule has 0 aliphatic rings. The number of anilines is 1. The number of thiophene rings is 1. The summed E-state index contributed by atoms with van der Waals surface area (Å²) < 4.78 is 0. The normalized spacial score (nSPS) is 9.58. The molecule has 2 aromatic heterocycles. The van der Waals surface area contributed by atoms with Gasteiger partial charge in [0, 0.05) is 4.88 Å². The Kier molecular flexibility index (Phi) is 4.29. The van der Waals surface area contributed by atoms with Crippen LogP contribution >= 0.6 is 11.3 Å². The molecule has 1 amide bonds. The number of nitrogens with two attached hydrogens (primary N) is 1. The second-order valence-electron chi connectivity index (χ2n) is 3.78. The number of nitrogens with one attached hydrogen (secondary N) is 1. The van der Waals surface area contributed by atoms with Crippen LogP contribution in [0.2, 0.25) is 0 Å². The number of carbonyl (C=O) groups is 1. The monoisotopic (exact) mass is 271 g/mol. The molecule has 4 nitrogen and oxygen atoms in total. The highest BCUT2D eigenvalue weighted by Gasteiger charge is 2.08. The quantitative estimate of drug-likeness (QED) is 0.821. The molecule has 5 heteroatoms. The van der Waals surface area contributed by atoms with Crippen LogP contribution in [0.25, 0.3) is 0 Å². The van der Waals surface area contributed by atoms with Gasteiger partial charge in [-0.15, -0.1) is 11.3 Å². The van der Waals surface area contributed by atoms with E-state index in [4.69, 9.17) is 5.73 Å². The maximum absolute atomic E-state index is 12.0. The van der Waals surface area contributed by atoms with Gasteiger partial charge in [-0.2, -0.15) is 0 Å². The topological polar surface area (TPSA) is 68.0 Å². The Morgan fingerprint density at radius 2 is 2.26 bits per heavy atom. The second kappa shape index (κ2) is 6.14. The van der Waals surface area contributed by atoms with Gasteiger partial charge in [0.1, 0.15) is 11.5 Å². The summed E-state index contributed by atoms with van der Waals surface area (Å²) in [5.41, 5.74) is 5.89. The predicted octanol–water partition coefficient (Wildman–Crippen LogP) is 2.01. The van der Waals surface area contributed by atoms with Crippen molar-refractivity contribution in [3.8, 4) is 11.8 Å². The van der Waals surface area contributed by atoms with Crippen molar-refractivity contribution >= 4 is 23.1 Å². The number of amides is 1. The first kappa shape index (κ1) is 13.3. The van der Waals surface area contributed by atoms with Gasteiger partial charge >= 0.3 is 0 Å². The molecular weight excluding hydrogens is 258 g/mol. The number of hydrogen-bond acceptors (Lipinski definition) is 4. The molecule has 0 aliphatic heterocycles. The molecule has 2 heterocycles. The summed E-state index contributed by atoms with van der Waals surface area (Å²) in [5.74, 6) is 5.88. The van der Waals surface area contributed by atoms with Crippen LogP contribution in [0.5, 0.6) is 0 Å². The van der Waals surface area contributed by atoms with Gasteiger partial charge in [0.15, 0.2) is 0 Å². The maximum Gasteiger partial charge on any atom is 0.266 e. The maximum atomic E-state index is 12.0. The molecule has 0 aromatic carbocycles. The van der Waals surface area contributed by atoms with E-state index in [0.29, 0.717) is 16.4 Å². The molecule has 2 aromatic rings. The standard InChI is InChI=1S/C14H13N3OS/c1-10-7-8-12(19-10)14(18)17-13-6-2-4-11(16-13)5-3-9-15/h2,4,6-8H,9,15H2,1H3,(H,16,17,18). The van der Waals surface area contributed by atoms with Crippen molar-refractivity contribution in [2.75, 3.05) is 11.9 Å². The summed E-state index contributed by atoms with van der Waals surface area (Å²) in [6.07, 6.45) is 0. The Morgan fingerprint density at radius 1 is 1.42 bits per heavy atom. The number of carbonyl (C=O) groups excluding carboxylic acids is 1. The zero-order valence-corrected chi connectivity index (χ0v) is 11.3. The predicted molar refractivity (Wildman–Crippen MR) is 77.2 cm³/mol. The molecule has 3 N–H and O–H groups in total. The van der Waals surface area contributed by atoms with Crippen LogP contribution in [0.3, 0.4) is 0 Å². The van der Waals surface area contributed by atoms with Crippen molar-refractivity contribution < 1.29 is 4.79 Å². The molecule has 2 rings (SSSR count). The van der Waals surface area contributed by atoms with Crippen molar-refractivity contribution in [2.24, 2.45) is 5.73 Å². The van der Waals surface area contributed by atoms with Crippen molar-refractivity contribution in [3.63, 3.8) is 0 Å². The summed E-state index contributed by atoms with van der Waals surface area (Å²) in [7, 11) is 0. The van der Waals surface area contributed by atoms with Crippen LogP contribution in [0.1, 0.15) is 20.2 Å². The number of pyridine rings is 1. The Bertz CT molecular complexity index is 652. The molecule has 0 unspecified atom stereocenters. The lowest BCUT2D eigenvalue weighted by molar-refractivity contribution is 0.103. The van der Waals surface area contributed by atoms with Gasteiger partial charge in [0.25, 0.3) is 5.91 Å². The number of rotatable bonds is 2. The SMILES string of the molecule is Cc1ccc(C(=O)Nc2cccc(C#CCN)n2)s1. The van der Waals surface area contributed by atoms with Crippen molar-refractivity contribution in [1.82, 2.24) is 4.98 Å². The van der Waals surface area contributed by atoms with E-state index in [2.05, 4.69) is 22.1 Å². The molecule has 19 heavy (non-hydrogen) atoms. The first-order valence-electron chi connectivity index (χ1n) is 5.73. The van der Waals surface area contributed by atoms with Crippen molar-refractivity contribution in [3.05, 3.63) is 45.8 Å². The Morgan fingerprint density at radius 3 is 2.95 bits per heavy atom. The lowest BCUT2D eigenvalue weighted by atomic mass is 10.3. The van der Waals surface area contributed by atoms with Gasteiger partial charge < -0.3 is 11.1 Å². The molecule has 0 spiro atoms. The van der Waals surface area contributed by atoms with E-state index in [1.54, 1.807) is 24.3 Å². The Balaban J connectivity index is 2.13. The molecular formula is C14H13N3OS. The minimum absolute atomic E-state index is 0.158. The first-order chi connectivity index (χ1) is 9.19. The fourth-order valence-corrected chi connectivity index (χ4v) is 2.21. The molecule has 0 fully saturated rings. The van der Waals surface area contributed by atoms with Crippen molar-refractivity contribution in [2.45, 2.75) is 6.92 Å². The van der Waals surface area contributed by atoms with E-state index >= 15 is 0 Å². The summed E-state index contributed by atoms with van der Waals surface area (Å²) in [5, 5.41) is 2.75. The van der Waals surface area contributed by atoms with E-state index < -0.39 is 0 Å². The molecule has 96 valence electrons. The Labute approximate surface area is 115 Å². The van der Waals surface area contributed by atoms with Crippen molar-refractivity contribution in [1.29, 1.82) is 0 Å². The van der Waals surface area contributed by atoms with E-state index in [-0.39, 0.29) is 12.5 Å². The highest BCUT2D eigenvalue weighted by atomic mass is 32.1. The highest BCUT2D eigenvalue weighted by molar-refractivity contribution is 7.14. The van der Waals surface area contributed by atoms with Gasteiger partial charge in [-0.1, -0.05) is 12.0 Å². The largest absolute Gasteiger partial charge is 0.320 e. The molecule has 0 aliphatic carbocycles. The number of aromatic nitrogens is 1. The number of nitrogens with zero attached hydrogens (tertiary/aromatic N) is 1. The van der Waals surface area contributed by atoms with Crippen LogP contribution in [-0.2, 0) is 0 Å². The average molecular weight is 271 g/mol. The number of hydrogen-bond donors (Lipinski definition) is 2. The lowest BCUT2D eigenvalue weighted by Gasteiger charge is -2.02. The first-order valence-corrected chi connectivity index (χ1v) is 6.54. The fourth-order valence-electron chi connectivity index (χ4n) is 1.45. The highest BCUT2D eigenvalue weighted by Crippen LogP contribution is 2.16. The molecule has 0 atom stereocenters. The fraction of sp³-hybridized carbons (Fsp3) is 0.143. The van der Waals surface area contributed by atoms with Gasteiger partial charge in [-0.3, -0.25) is 4.79 Å². The summed E-state index contributed by atoms with van der Waals surface area (Å²) in [4.78, 5) is 17.9. The summed E-state index contributed by atoms with van der Waals surface area (Å²) >= 11 is 1.45. The third-order valence-electron chi connectivity index (χ3n) is 2.27. The second-order valence-corrected chi connectivity index (χ2v) is 5.07. The van der Waals surface area contributed by atoms with E-state index in [0.717, 1.165) is 4.88 Å². The van der Waals surface area contributed by atoms with E-state index in [1.165, 1.54) is 11.3 Å². The number of aryl methyl sites for hydroxylation is 1. The molecule has 0 bridgehead atoms. The van der Waals surface area contributed by atoms with E-state index in [1.807, 2.05) is 13.0 Å². The van der Waals surface area contributed by atoms with Crippen LogP contribution in [0.15, 0.2) is 30.3 Å². The zero-order valence-electron chi connectivity index (χ0n) is 10.4. The smallest absolute Gasteiger partial charge is 0.266 e. The van der Waals surface area contributed by atoms with E-state index in [9.17, 15) is 4.79 Å². The minimum atomic E-state index is -0.158.